The van der Waals surface area contributed by atoms with E-state index in [9.17, 15) is 0 Å². The predicted octanol–water partition coefficient (Wildman–Crippen LogP) is 2.51. The molecule has 0 bridgehead atoms. The van der Waals surface area contributed by atoms with Crippen molar-refractivity contribution >= 4 is 15.9 Å². The van der Waals surface area contributed by atoms with E-state index in [-0.39, 0.29) is 0 Å². The predicted molar refractivity (Wildman–Crippen MR) is 78.2 cm³/mol. The molecule has 0 saturated carbocycles. The fourth-order valence-corrected chi connectivity index (χ4v) is 2.54. The second kappa shape index (κ2) is 7.12. The van der Waals surface area contributed by atoms with Crippen LogP contribution in [0.15, 0.2) is 28.7 Å². The van der Waals surface area contributed by atoms with E-state index in [0.717, 1.165) is 29.9 Å². The highest BCUT2D eigenvalue weighted by atomic mass is 79.9. The standard InChI is InChI=1S/C14H21BrN2O/c1-17-9-2-3-13(17)11-16-8-10-18-14-6-4-12(15)5-7-14/h4-7,13,16H,2-3,8-11H2,1H3. The summed E-state index contributed by atoms with van der Waals surface area (Å²) in [5, 5.41) is 3.46. The Labute approximate surface area is 118 Å². The van der Waals surface area contributed by atoms with E-state index in [4.69, 9.17) is 4.74 Å². The first-order valence-electron chi connectivity index (χ1n) is 6.55. The Morgan fingerprint density at radius 3 is 2.83 bits per heavy atom. The second-order valence-electron chi connectivity index (χ2n) is 4.78. The summed E-state index contributed by atoms with van der Waals surface area (Å²) in [4.78, 5) is 2.43. The van der Waals surface area contributed by atoms with E-state index < -0.39 is 0 Å². The van der Waals surface area contributed by atoms with Gasteiger partial charge in [-0.1, -0.05) is 15.9 Å². The summed E-state index contributed by atoms with van der Waals surface area (Å²) in [6.07, 6.45) is 2.65. The molecular weight excluding hydrogens is 292 g/mol. The van der Waals surface area contributed by atoms with Gasteiger partial charge in [0.15, 0.2) is 0 Å². The van der Waals surface area contributed by atoms with Gasteiger partial charge in [0.05, 0.1) is 0 Å². The highest BCUT2D eigenvalue weighted by Gasteiger charge is 2.19. The number of hydrogen-bond donors (Lipinski definition) is 1. The Morgan fingerprint density at radius 1 is 1.39 bits per heavy atom. The Morgan fingerprint density at radius 2 is 2.17 bits per heavy atom. The number of rotatable bonds is 6. The normalized spacial score (nSPS) is 20.2. The molecule has 1 heterocycles. The first-order valence-corrected chi connectivity index (χ1v) is 7.34. The Hall–Kier alpha value is -0.580. The maximum atomic E-state index is 5.66. The van der Waals surface area contributed by atoms with E-state index in [0.29, 0.717) is 6.04 Å². The van der Waals surface area contributed by atoms with Crippen LogP contribution in [0.2, 0.25) is 0 Å². The molecule has 0 aromatic heterocycles. The molecule has 0 amide bonds. The maximum Gasteiger partial charge on any atom is 0.119 e. The first-order chi connectivity index (χ1) is 8.75. The van der Waals surface area contributed by atoms with Crippen LogP contribution in [0, 0.1) is 0 Å². The zero-order valence-corrected chi connectivity index (χ0v) is 12.4. The number of nitrogens with zero attached hydrogens (tertiary/aromatic N) is 1. The molecule has 1 aliphatic heterocycles. The van der Waals surface area contributed by atoms with Crippen LogP contribution in [-0.2, 0) is 0 Å². The second-order valence-corrected chi connectivity index (χ2v) is 5.70. The SMILES string of the molecule is CN1CCCC1CNCCOc1ccc(Br)cc1. The summed E-state index contributed by atoms with van der Waals surface area (Å²) in [7, 11) is 2.21. The molecule has 1 atom stereocenters. The monoisotopic (exact) mass is 312 g/mol. The molecule has 0 spiro atoms. The molecule has 1 aromatic carbocycles. The zero-order chi connectivity index (χ0) is 12.8. The third kappa shape index (κ3) is 4.26. The van der Waals surface area contributed by atoms with Gasteiger partial charge in [-0.3, -0.25) is 0 Å². The number of benzene rings is 1. The van der Waals surface area contributed by atoms with Crippen LogP contribution in [0.1, 0.15) is 12.8 Å². The van der Waals surface area contributed by atoms with Crippen LogP contribution in [0.25, 0.3) is 0 Å². The summed E-state index contributed by atoms with van der Waals surface area (Å²) < 4.78 is 6.74. The largest absolute Gasteiger partial charge is 0.492 e. The Balaban J connectivity index is 1.57. The molecule has 1 aliphatic rings. The first kappa shape index (κ1) is 13.8. The van der Waals surface area contributed by atoms with Gasteiger partial charge in [0, 0.05) is 23.6 Å². The summed E-state index contributed by atoms with van der Waals surface area (Å²) >= 11 is 3.41. The van der Waals surface area contributed by atoms with E-state index in [1.165, 1.54) is 19.4 Å². The van der Waals surface area contributed by atoms with Gasteiger partial charge >= 0.3 is 0 Å². The highest BCUT2D eigenvalue weighted by molar-refractivity contribution is 9.10. The van der Waals surface area contributed by atoms with Gasteiger partial charge in [0.25, 0.3) is 0 Å². The molecule has 0 radical (unpaired) electrons. The molecule has 2 rings (SSSR count). The van der Waals surface area contributed by atoms with Crippen molar-refractivity contribution in [1.29, 1.82) is 0 Å². The Bertz CT molecular complexity index is 355. The number of halogens is 1. The average Bonchev–Trinajstić information content (AvgIpc) is 2.77. The van der Waals surface area contributed by atoms with Crippen LogP contribution < -0.4 is 10.1 Å². The van der Waals surface area contributed by atoms with Gasteiger partial charge in [0.2, 0.25) is 0 Å². The molecule has 1 aromatic rings. The summed E-state index contributed by atoms with van der Waals surface area (Å²) in [6, 6.07) is 8.66. The number of nitrogens with one attached hydrogen (secondary N) is 1. The van der Waals surface area contributed by atoms with Crippen molar-refractivity contribution in [3.63, 3.8) is 0 Å². The van der Waals surface area contributed by atoms with Crippen molar-refractivity contribution in [1.82, 2.24) is 10.2 Å². The number of hydrogen-bond acceptors (Lipinski definition) is 3. The van der Waals surface area contributed by atoms with Crippen molar-refractivity contribution in [2.45, 2.75) is 18.9 Å². The van der Waals surface area contributed by atoms with Crippen molar-refractivity contribution < 1.29 is 4.74 Å². The van der Waals surface area contributed by atoms with Gasteiger partial charge in [-0.05, 0) is 50.7 Å². The molecule has 1 saturated heterocycles. The minimum atomic E-state index is 0.706. The lowest BCUT2D eigenvalue weighted by Gasteiger charge is -2.19. The molecule has 100 valence electrons. The summed E-state index contributed by atoms with van der Waals surface area (Å²) in [5.41, 5.74) is 0. The minimum absolute atomic E-state index is 0.706. The van der Waals surface area contributed by atoms with E-state index in [2.05, 4.69) is 33.2 Å². The third-order valence-electron chi connectivity index (χ3n) is 3.41. The van der Waals surface area contributed by atoms with Crippen molar-refractivity contribution in [2.24, 2.45) is 0 Å². The average molecular weight is 313 g/mol. The molecule has 1 fully saturated rings. The number of likely N-dealkylation sites (tertiary alicyclic amines) is 1. The molecule has 1 unspecified atom stereocenters. The van der Waals surface area contributed by atoms with Gasteiger partial charge in [-0.2, -0.15) is 0 Å². The van der Waals surface area contributed by atoms with Gasteiger partial charge in [-0.15, -0.1) is 0 Å². The van der Waals surface area contributed by atoms with Gasteiger partial charge < -0.3 is 15.0 Å². The van der Waals surface area contributed by atoms with Crippen LogP contribution in [0.3, 0.4) is 0 Å². The van der Waals surface area contributed by atoms with Crippen molar-refractivity contribution in [2.75, 3.05) is 33.3 Å². The summed E-state index contributed by atoms with van der Waals surface area (Å²) in [6.45, 7) is 3.93. The summed E-state index contributed by atoms with van der Waals surface area (Å²) in [5.74, 6) is 0.929. The highest BCUT2D eigenvalue weighted by Crippen LogP contribution is 2.16. The molecular formula is C14H21BrN2O. The van der Waals surface area contributed by atoms with E-state index >= 15 is 0 Å². The Kier molecular flexibility index (Phi) is 5.47. The lowest BCUT2D eigenvalue weighted by Crippen LogP contribution is -2.36. The van der Waals surface area contributed by atoms with Crippen molar-refractivity contribution in [3.8, 4) is 5.75 Å². The smallest absolute Gasteiger partial charge is 0.119 e. The number of likely N-dealkylation sites (N-methyl/N-ethyl adjacent to an activating group) is 1. The van der Waals surface area contributed by atoms with Crippen molar-refractivity contribution in [3.05, 3.63) is 28.7 Å². The van der Waals surface area contributed by atoms with Crippen LogP contribution in [0.5, 0.6) is 5.75 Å². The molecule has 0 aliphatic carbocycles. The molecule has 3 nitrogen and oxygen atoms in total. The fourth-order valence-electron chi connectivity index (χ4n) is 2.28. The van der Waals surface area contributed by atoms with Crippen LogP contribution >= 0.6 is 15.9 Å². The maximum absolute atomic E-state index is 5.66. The fraction of sp³-hybridized carbons (Fsp3) is 0.571. The van der Waals surface area contributed by atoms with E-state index in [1.54, 1.807) is 0 Å². The molecule has 1 N–H and O–H groups in total. The van der Waals surface area contributed by atoms with Crippen LogP contribution in [-0.4, -0.2) is 44.2 Å². The van der Waals surface area contributed by atoms with Crippen LogP contribution in [0.4, 0.5) is 0 Å². The van der Waals surface area contributed by atoms with Gasteiger partial charge in [0.1, 0.15) is 12.4 Å². The number of ether oxygens (including phenoxy) is 1. The molecule has 18 heavy (non-hydrogen) atoms. The van der Waals surface area contributed by atoms with E-state index in [1.807, 2.05) is 24.3 Å². The zero-order valence-electron chi connectivity index (χ0n) is 10.9. The topological polar surface area (TPSA) is 24.5 Å². The van der Waals surface area contributed by atoms with Gasteiger partial charge in [-0.25, -0.2) is 0 Å². The third-order valence-corrected chi connectivity index (χ3v) is 3.94. The lowest BCUT2D eigenvalue weighted by atomic mass is 10.2. The lowest BCUT2D eigenvalue weighted by molar-refractivity contribution is 0.279. The molecule has 4 heteroatoms. The quantitative estimate of drug-likeness (QED) is 0.817. The minimum Gasteiger partial charge on any atom is -0.492 e.